The third-order valence-electron chi connectivity index (χ3n) is 5.89. The zero-order chi connectivity index (χ0) is 21.4. The van der Waals surface area contributed by atoms with Gasteiger partial charge in [0.05, 0.1) is 25.3 Å². The Hall–Kier alpha value is -3.48. The monoisotopic (exact) mass is 419 g/mol. The summed E-state index contributed by atoms with van der Waals surface area (Å²) in [6.45, 7) is 1.88. The first-order chi connectivity index (χ1) is 15.2. The van der Waals surface area contributed by atoms with Crippen LogP contribution in [0.2, 0.25) is 0 Å². The first-order valence-corrected chi connectivity index (χ1v) is 10.5. The fraction of sp³-hybridized carbons (Fsp3) is 0.333. The molecule has 2 aromatic carbocycles. The molecule has 1 fully saturated rings. The van der Waals surface area contributed by atoms with Crippen LogP contribution in [-0.2, 0) is 6.42 Å². The number of methoxy groups -OCH3 is 2. The van der Waals surface area contributed by atoms with Crippen LogP contribution in [-0.4, -0.2) is 42.4 Å². The number of benzene rings is 2. The van der Waals surface area contributed by atoms with Crippen LogP contribution < -0.4 is 19.1 Å². The van der Waals surface area contributed by atoms with Gasteiger partial charge in [0.25, 0.3) is 0 Å². The number of ether oxygens (including phenoxy) is 3. The number of rotatable bonds is 4. The molecule has 2 aliphatic heterocycles. The van der Waals surface area contributed by atoms with E-state index in [0.717, 1.165) is 54.4 Å². The molecule has 3 heterocycles. The Kier molecular flexibility index (Phi) is 5.02. The minimum Gasteiger partial charge on any atom is -0.507 e. The van der Waals surface area contributed by atoms with Crippen LogP contribution in [0, 0.1) is 0 Å². The average molecular weight is 419 g/mol. The van der Waals surface area contributed by atoms with Gasteiger partial charge in [-0.2, -0.15) is 4.98 Å². The van der Waals surface area contributed by atoms with E-state index in [0.29, 0.717) is 29.4 Å². The Labute approximate surface area is 181 Å². The normalized spacial score (nSPS) is 15.0. The molecule has 7 nitrogen and oxygen atoms in total. The van der Waals surface area contributed by atoms with E-state index >= 15 is 0 Å². The first-order valence-electron chi connectivity index (χ1n) is 10.5. The van der Waals surface area contributed by atoms with Gasteiger partial charge in [-0.3, -0.25) is 0 Å². The topological polar surface area (TPSA) is 76.9 Å². The van der Waals surface area contributed by atoms with Crippen molar-refractivity contribution in [3.05, 3.63) is 47.5 Å². The molecular weight excluding hydrogens is 394 g/mol. The van der Waals surface area contributed by atoms with E-state index in [-0.39, 0.29) is 5.75 Å². The Morgan fingerprint density at radius 2 is 1.68 bits per heavy atom. The van der Waals surface area contributed by atoms with E-state index in [9.17, 15) is 5.11 Å². The highest BCUT2D eigenvalue weighted by Crippen LogP contribution is 2.43. The second-order valence-corrected chi connectivity index (χ2v) is 7.84. The van der Waals surface area contributed by atoms with Crippen molar-refractivity contribution in [2.75, 3.05) is 32.2 Å². The molecule has 0 atom stereocenters. The third kappa shape index (κ3) is 3.60. The molecule has 1 saturated heterocycles. The van der Waals surface area contributed by atoms with Crippen molar-refractivity contribution in [2.24, 2.45) is 0 Å². The number of aromatic nitrogens is 2. The van der Waals surface area contributed by atoms with Gasteiger partial charge in [-0.25, -0.2) is 4.98 Å². The minimum atomic E-state index is 0.103. The summed E-state index contributed by atoms with van der Waals surface area (Å²) in [5.41, 5.74) is 2.53. The standard InChI is InChI=1S/C24H25N3O4/c1-29-16-7-9-21-15(12-16)13-19-23(27-10-4-3-5-11-27)25-22(26-24(19)31-21)18-14-17(30-2)6-8-20(18)28/h6-9,12,14,28H,3-5,10-11,13H2,1-2H3. The Balaban J connectivity index is 1.65. The van der Waals surface area contributed by atoms with Gasteiger partial charge >= 0.3 is 0 Å². The Morgan fingerprint density at radius 1 is 0.935 bits per heavy atom. The number of anilines is 1. The molecule has 0 unspecified atom stereocenters. The van der Waals surface area contributed by atoms with Crippen molar-refractivity contribution in [3.8, 4) is 40.3 Å². The average Bonchev–Trinajstić information content (AvgIpc) is 2.82. The maximum Gasteiger partial charge on any atom is 0.228 e. The molecule has 0 spiro atoms. The quantitative estimate of drug-likeness (QED) is 0.520. The fourth-order valence-electron chi connectivity index (χ4n) is 4.22. The molecule has 160 valence electrons. The van der Waals surface area contributed by atoms with Crippen LogP contribution in [0.5, 0.6) is 28.9 Å². The van der Waals surface area contributed by atoms with Gasteiger partial charge in [0.2, 0.25) is 5.88 Å². The molecule has 2 aliphatic rings. The molecule has 5 rings (SSSR count). The number of hydrogen-bond donors (Lipinski definition) is 1. The molecule has 0 bridgehead atoms. The molecular formula is C24H25N3O4. The Morgan fingerprint density at radius 3 is 2.45 bits per heavy atom. The van der Waals surface area contributed by atoms with Crippen molar-refractivity contribution < 1.29 is 19.3 Å². The summed E-state index contributed by atoms with van der Waals surface area (Å²) in [6.07, 6.45) is 4.15. The first kappa shape index (κ1) is 19.5. The zero-order valence-corrected chi connectivity index (χ0v) is 17.7. The van der Waals surface area contributed by atoms with E-state index in [1.807, 2.05) is 18.2 Å². The number of aromatic hydroxyl groups is 1. The molecule has 1 N–H and O–H groups in total. The lowest BCUT2D eigenvalue weighted by Crippen LogP contribution is -2.32. The second-order valence-electron chi connectivity index (χ2n) is 7.84. The van der Waals surface area contributed by atoms with E-state index < -0.39 is 0 Å². The van der Waals surface area contributed by atoms with Gasteiger partial charge in [-0.15, -0.1) is 0 Å². The lowest BCUT2D eigenvalue weighted by molar-refractivity contribution is 0.407. The second kappa shape index (κ2) is 7.98. The predicted molar refractivity (Wildman–Crippen MR) is 118 cm³/mol. The number of phenols is 1. The van der Waals surface area contributed by atoms with E-state index in [2.05, 4.69) is 4.90 Å². The van der Waals surface area contributed by atoms with Crippen molar-refractivity contribution >= 4 is 5.82 Å². The van der Waals surface area contributed by atoms with Crippen molar-refractivity contribution in [1.82, 2.24) is 9.97 Å². The molecule has 0 saturated carbocycles. The maximum atomic E-state index is 10.5. The summed E-state index contributed by atoms with van der Waals surface area (Å²) in [7, 11) is 3.26. The highest BCUT2D eigenvalue weighted by atomic mass is 16.5. The minimum absolute atomic E-state index is 0.103. The molecule has 0 amide bonds. The van der Waals surface area contributed by atoms with Crippen LogP contribution in [0.15, 0.2) is 36.4 Å². The summed E-state index contributed by atoms with van der Waals surface area (Å²) < 4.78 is 16.9. The number of hydrogen-bond acceptors (Lipinski definition) is 7. The number of piperidine rings is 1. The van der Waals surface area contributed by atoms with Crippen LogP contribution >= 0.6 is 0 Å². The molecule has 7 heteroatoms. The maximum absolute atomic E-state index is 10.5. The van der Waals surface area contributed by atoms with Gasteiger partial charge in [0.15, 0.2) is 5.82 Å². The third-order valence-corrected chi connectivity index (χ3v) is 5.89. The van der Waals surface area contributed by atoms with Gasteiger partial charge in [0, 0.05) is 25.1 Å². The van der Waals surface area contributed by atoms with E-state index in [4.69, 9.17) is 24.2 Å². The highest BCUT2D eigenvalue weighted by molar-refractivity contribution is 5.70. The van der Waals surface area contributed by atoms with Gasteiger partial charge in [-0.1, -0.05) is 0 Å². The summed E-state index contributed by atoms with van der Waals surface area (Å²) in [5.74, 6) is 4.12. The van der Waals surface area contributed by atoms with Crippen LogP contribution in [0.25, 0.3) is 11.4 Å². The lowest BCUT2D eigenvalue weighted by Gasteiger charge is -2.31. The summed E-state index contributed by atoms with van der Waals surface area (Å²) >= 11 is 0. The highest BCUT2D eigenvalue weighted by Gasteiger charge is 2.28. The fourth-order valence-corrected chi connectivity index (χ4v) is 4.22. The van der Waals surface area contributed by atoms with Crippen LogP contribution in [0.1, 0.15) is 30.4 Å². The van der Waals surface area contributed by atoms with Gasteiger partial charge < -0.3 is 24.2 Å². The largest absolute Gasteiger partial charge is 0.507 e. The summed E-state index contributed by atoms with van der Waals surface area (Å²) in [5, 5.41) is 10.5. The summed E-state index contributed by atoms with van der Waals surface area (Å²) in [4.78, 5) is 11.9. The molecule has 3 aromatic rings. The molecule has 0 aliphatic carbocycles. The number of phenolic OH excluding ortho intramolecular Hbond substituents is 1. The van der Waals surface area contributed by atoms with E-state index in [1.165, 1.54) is 6.42 Å². The number of nitrogens with zero attached hydrogens (tertiary/aromatic N) is 3. The smallest absolute Gasteiger partial charge is 0.228 e. The number of fused-ring (bicyclic) bond motifs is 2. The van der Waals surface area contributed by atoms with Gasteiger partial charge in [-0.05, 0) is 55.7 Å². The van der Waals surface area contributed by atoms with Crippen molar-refractivity contribution in [2.45, 2.75) is 25.7 Å². The lowest BCUT2D eigenvalue weighted by atomic mass is 10.0. The molecule has 31 heavy (non-hydrogen) atoms. The SMILES string of the molecule is COc1ccc2c(c1)Cc1c(nc(-c3cc(OC)ccc3O)nc1N1CCCCC1)O2. The van der Waals surface area contributed by atoms with Crippen molar-refractivity contribution in [3.63, 3.8) is 0 Å². The van der Waals surface area contributed by atoms with Crippen LogP contribution in [0.4, 0.5) is 5.82 Å². The molecule has 0 radical (unpaired) electrons. The summed E-state index contributed by atoms with van der Waals surface area (Å²) in [6, 6.07) is 10.8. The Bertz CT molecular complexity index is 1130. The zero-order valence-electron chi connectivity index (χ0n) is 17.7. The predicted octanol–water partition coefficient (Wildman–Crippen LogP) is 4.55. The van der Waals surface area contributed by atoms with Crippen molar-refractivity contribution in [1.29, 1.82) is 0 Å². The van der Waals surface area contributed by atoms with Crippen LogP contribution in [0.3, 0.4) is 0 Å². The molecule has 1 aromatic heterocycles. The van der Waals surface area contributed by atoms with E-state index in [1.54, 1.807) is 32.4 Å². The van der Waals surface area contributed by atoms with Gasteiger partial charge in [0.1, 0.15) is 28.8 Å².